The van der Waals surface area contributed by atoms with Crippen molar-refractivity contribution in [2.24, 2.45) is 0 Å². The third-order valence-electron chi connectivity index (χ3n) is 4.80. The number of benzene rings is 2. The third-order valence-corrected chi connectivity index (χ3v) is 7.65. The van der Waals surface area contributed by atoms with Crippen molar-refractivity contribution in [3.8, 4) is 21.8 Å². The number of halogens is 3. The van der Waals surface area contributed by atoms with Crippen LogP contribution in [0.1, 0.15) is 25.8 Å². The molecule has 12 heteroatoms. The van der Waals surface area contributed by atoms with Gasteiger partial charge in [0.1, 0.15) is 32.4 Å². The normalized spacial score (nSPS) is 12.1. The largest absolute Gasteiger partial charge is 0.570 e. The Morgan fingerprint density at radius 3 is 2.26 bits per heavy atom. The molecule has 2 aromatic carbocycles. The molecule has 0 fully saturated rings. The molecule has 0 bridgehead atoms. The fourth-order valence-corrected chi connectivity index (χ4v) is 5.40. The molecular weight excluding hydrogens is 499 g/mol. The van der Waals surface area contributed by atoms with Crippen LogP contribution in [0.2, 0.25) is 0 Å². The smallest absolute Gasteiger partial charge is 0.220 e. The van der Waals surface area contributed by atoms with Crippen LogP contribution < -0.4 is 5.73 Å². The summed E-state index contributed by atoms with van der Waals surface area (Å²) in [7, 11) is -4.90. The minimum atomic E-state index is -4.90. The number of hydrogen-bond donors (Lipinski definition) is 1. The molecule has 7 nitrogen and oxygen atoms in total. The molecule has 0 spiro atoms. The molecule has 4 aromatic rings. The van der Waals surface area contributed by atoms with Gasteiger partial charge in [0.2, 0.25) is 5.95 Å². The van der Waals surface area contributed by atoms with E-state index in [1.165, 1.54) is 29.7 Å². The number of nitrogens with zero attached hydrogens (tertiary/aromatic N) is 4. The lowest BCUT2D eigenvalue weighted by atomic mass is 9.98. The number of anilines is 1. The first-order chi connectivity index (χ1) is 16.4. The molecule has 2 aromatic heterocycles. The summed E-state index contributed by atoms with van der Waals surface area (Å²) < 4.78 is 72.5. The van der Waals surface area contributed by atoms with Gasteiger partial charge in [-0.05, 0) is 24.3 Å². The third kappa shape index (κ3) is 4.84. The van der Waals surface area contributed by atoms with E-state index in [4.69, 9.17) is 5.73 Å². The highest BCUT2D eigenvalue weighted by atomic mass is 32.2. The van der Waals surface area contributed by atoms with Crippen LogP contribution in [-0.2, 0) is 15.4 Å². The Labute approximate surface area is 204 Å². The number of hydrogen-bond acceptors (Lipinski definition) is 7. The van der Waals surface area contributed by atoms with E-state index in [1.54, 1.807) is 6.07 Å². The minimum absolute atomic E-state index is 0.0152. The Bertz CT molecular complexity index is 1510. The predicted molar refractivity (Wildman–Crippen MR) is 128 cm³/mol. The average molecular weight is 519 g/mol. The highest BCUT2D eigenvalue weighted by Crippen LogP contribution is 2.43. The minimum Gasteiger partial charge on any atom is -0.570 e. The maximum absolute atomic E-state index is 15.6. The van der Waals surface area contributed by atoms with Crippen molar-refractivity contribution >= 4 is 33.0 Å². The van der Waals surface area contributed by atoms with Crippen molar-refractivity contribution in [3.05, 3.63) is 75.8 Å². The fourth-order valence-electron chi connectivity index (χ4n) is 3.17. The first-order valence-electron chi connectivity index (χ1n) is 10.2. The van der Waals surface area contributed by atoms with Crippen LogP contribution in [-0.4, -0.2) is 23.4 Å². The lowest BCUT2D eigenvalue weighted by Crippen LogP contribution is -2.10. The van der Waals surface area contributed by atoms with E-state index in [2.05, 4.69) is 19.7 Å². The molecule has 0 atom stereocenters. The van der Waals surface area contributed by atoms with E-state index >= 15 is 4.39 Å². The standard InChI is InChI=1S/C23H19F3N5O2S2/c1-23(2,3)21-30-18(19(34-21)16-10-11-28-22(27)29-16)12-6-4-9-15(17(12)26)31-35(32,33)20-13(24)7-5-8-14(20)25/h4-11H,1-3H3,(H2,27,28,29)/q-1. The first kappa shape index (κ1) is 24.6. The predicted octanol–water partition coefficient (Wildman–Crippen LogP) is 5.96. The van der Waals surface area contributed by atoms with Crippen molar-refractivity contribution in [3.63, 3.8) is 0 Å². The van der Waals surface area contributed by atoms with Crippen LogP contribution in [0.4, 0.5) is 24.8 Å². The monoisotopic (exact) mass is 518 g/mol. The summed E-state index contributed by atoms with van der Waals surface area (Å²) in [4.78, 5) is 11.9. The Hall–Kier alpha value is -3.51. The second kappa shape index (κ2) is 8.93. The molecule has 0 aliphatic carbocycles. The van der Waals surface area contributed by atoms with Gasteiger partial charge in [-0.3, -0.25) is 0 Å². The van der Waals surface area contributed by atoms with Gasteiger partial charge in [-0.25, -0.2) is 36.5 Å². The summed E-state index contributed by atoms with van der Waals surface area (Å²) in [5.41, 5.74) is 5.26. The van der Waals surface area contributed by atoms with Crippen LogP contribution in [0, 0.1) is 17.5 Å². The number of aromatic nitrogens is 3. The molecule has 0 saturated heterocycles. The number of rotatable bonds is 5. The second-order valence-corrected chi connectivity index (χ2v) is 11.0. The van der Waals surface area contributed by atoms with Crippen molar-refractivity contribution in [1.82, 2.24) is 15.0 Å². The molecule has 0 amide bonds. The number of thiazole rings is 1. The van der Waals surface area contributed by atoms with Crippen molar-refractivity contribution in [1.29, 1.82) is 0 Å². The molecule has 2 N–H and O–H groups in total. The van der Waals surface area contributed by atoms with Gasteiger partial charge < -0.3 is 10.5 Å². The van der Waals surface area contributed by atoms with E-state index in [1.807, 2.05) is 20.8 Å². The van der Waals surface area contributed by atoms with Gasteiger partial charge in [0.15, 0.2) is 0 Å². The molecule has 0 aliphatic heterocycles. The van der Waals surface area contributed by atoms with Gasteiger partial charge in [0.05, 0.1) is 21.3 Å². The molecule has 0 unspecified atom stereocenters. The highest BCUT2D eigenvalue weighted by Gasteiger charge is 2.26. The maximum atomic E-state index is 15.6. The molecule has 182 valence electrons. The molecule has 0 radical (unpaired) electrons. The van der Waals surface area contributed by atoms with E-state index in [-0.39, 0.29) is 22.6 Å². The lowest BCUT2D eigenvalue weighted by Gasteiger charge is -2.24. The molecule has 2 heterocycles. The summed E-state index contributed by atoms with van der Waals surface area (Å²) in [5.74, 6) is -3.67. The number of nitrogen functional groups attached to an aromatic ring is 1. The van der Waals surface area contributed by atoms with Gasteiger partial charge >= 0.3 is 0 Å². The second-order valence-electron chi connectivity index (χ2n) is 8.50. The highest BCUT2D eigenvalue weighted by molar-refractivity contribution is 7.94. The van der Waals surface area contributed by atoms with E-state index < -0.39 is 38.1 Å². The van der Waals surface area contributed by atoms with Crippen LogP contribution in [0.15, 0.2) is 53.6 Å². The summed E-state index contributed by atoms with van der Waals surface area (Å²) in [6.45, 7) is 5.81. The van der Waals surface area contributed by atoms with Gasteiger partial charge in [0, 0.05) is 17.2 Å². The molecule has 0 aliphatic rings. The summed E-state index contributed by atoms with van der Waals surface area (Å²) in [6, 6.07) is 8.04. The van der Waals surface area contributed by atoms with Crippen LogP contribution >= 0.6 is 11.3 Å². The number of nitrogens with two attached hydrogens (primary N) is 1. The Kier molecular flexibility index (Phi) is 6.28. The Morgan fingerprint density at radius 1 is 0.971 bits per heavy atom. The fraction of sp³-hybridized carbons (Fsp3) is 0.174. The van der Waals surface area contributed by atoms with E-state index in [0.29, 0.717) is 15.6 Å². The van der Waals surface area contributed by atoms with Gasteiger partial charge in [-0.2, -0.15) is 0 Å². The van der Waals surface area contributed by atoms with E-state index in [0.717, 1.165) is 24.3 Å². The topological polar surface area (TPSA) is 113 Å². The Morgan fingerprint density at radius 2 is 1.63 bits per heavy atom. The summed E-state index contributed by atoms with van der Waals surface area (Å²) in [6.07, 6.45) is 1.45. The van der Waals surface area contributed by atoms with Crippen molar-refractivity contribution in [2.45, 2.75) is 31.1 Å². The maximum Gasteiger partial charge on any atom is 0.220 e. The van der Waals surface area contributed by atoms with Crippen LogP contribution in [0.5, 0.6) is 0 Å². The summed E-state index contributed by atoms with van der Waals surface area (Å²) >= 11 is 1.28. The zero-order valence-electron chi connectivity index (χ0n) is 18.8. The quantitative estimate of drug-likeness (QED) is 0.349. The zero-order valence-corrected chi connectivity index (χ0v) is 20.4. The molecule has 4 rings (SSSR count). The lowest BCUT2D eigenvalue weighted by molar-refractivity contribution is 0.521. The van der Waals surface area contributed by atoms with Crippen molar-refractivity contribution in [2.75, 3.05) is 5.73 Å². The molecule has 35 heavy (non-hydrogen) atoms. The molecular formula is C23H19F3N5O2S2-. The first-order valence-corrected chi connectivity index (χ1v) is 12.5. The summed E-state index contributed by atoms with van der Waals surface area (Å²) in [5, 5.41) is 0.669. The van der Waals surface area contributed by atoms with E-state index in [9.17, 15) is 17.2 Å². The SMILES string of the molecule is CC(C)(C)c1nc(-c2cccc([N-]S(=O)(=O)c3c(F)cccc3F)c2F)c(-c2ccnc(N)n2)s1. The van der Waals surface area contributed by atoms with Gasteiger partial charge in [-0.15, -0.1) is 11.3 Å². The molecule has 0 saturated carbocycles. The van der Waals surface area contributed by atoms with Gasteiger partial charge in [-0.1, -0.05) is 44.7 Å². The van der Waals surface area contributed by atoms with Gasteiger partial charge in [0.25, 0.3) is 0 Å². The van der Waals surface area contributed by atoms with Crippen molar-refractivity contribution < 1.29 is 21.6 Å². The van der Waals surface area contributed by atoms with Crippen LogP contribution in [0.25, 0.3) is 26.6 Å². The Balaban J connectivity index is 1.85. The zero-order chi connectivity index (χ0) is 25.5. The number of sulfonamides is 1. The average Bonchev–Trinajstić information content (AvgIpc) is 3.21. The van der Waals surface area contributed by atoms with Crippen LogP contribution in [0.3, 0.4) is 0 Å².